The number of nitriles is 1. The number of aromatic nitrogens is 2. The maximum Gasteiger partial charge on any atom is 0.103 e. The van der Waals surface area contributed by atoms with Crippen molar-refractivity contribution in [1.82, 2.24) is 9.55 Å². The van der Waals surface area contributed by atoms with Gasteiger partial charge in [0, 0.05) is 29.7 Å². The molecule has 0 saturated heterocycles. The van der Waals surface area contributed by atoms with Crippen LogP contribution in [0.3, 0.4) is 0 Å². The average Bonchev–Trinajstić information content (AvgIpc) is 3.18. The Kier molecular flexibility index (Phi) is 2.61. The third-order valence-corrected chi connectivity index (χ3v) is 3.72. The van der Waals surface area contributed by atoms with Crippen LogP contribution in [-0.2, 0) is 0 Å². The second-order valence-corrected chi connectivity index (χ2v) is 4.96. The second kappa shape index (κ2) is 4.15. The van der Waals surface area contributed by atoms with Gasteiger partial charge in [0.2, 0.25) is 0 Å². The monoisotopic (exact) mass is 257 g/mol. The van der Waals surface area contributed by atoms with Gasteiger partial charge in [-0.25, -0.2) is 0 Å². The van der Waals surface area contributed by atoms with Crippen molar-refractivity contribution in [3.63, 3.8) is 0 Å². The van der Waals surface area contributed by atoms with Gasteiger partial charge in [-0.05, 0) is 31.9 Å². The molecule has 3 nitrogen and oxygen atoms in total. The molecule has 0 unspecified atom stereocenters. The third kappa shape index (κ3) is 1.61. The van der Waals surface area contributed by atoms with E-state index in [1.807, 2.05) is 19.1 Å². The molecule has 0 spiro atoms. The SMILES string of the molecule is Cc1c(C#N)c(Cl)c(-c2cccnc2)n1C1CC1. The van der Waals surface area contributed by atoms with Crippen molar-refractivity contribution in [2.24, 2.45) is 0 Å². The lowest BCUT2D eigenvalue weighted by Gasteiger charge is -2.10. The van der Waals surface area contributed by atoms with Crippen LogP contribution in [0.25, 0.3) is 11.3 Å². The van der Waals surface area contributed by atoms with E-state index in [1.54, 1.807) is 12.4 Å². The summed E-state index contributed by atoms with van der Waals surface area (Å²) in [6.45, 7) is 1.96. The van der Waals surface area contributed by atoms with E-state index >= 15 is 0 Å². The highest BCUT2D eigenvalue weighted by molar-refractivity contribution is 6.34. The minimum absolute atomic E-state index is 0.486. The topological polar surface area (TPSA) is 41.6 Å². The van der Waals surface area contributed by atoms with Gasteiger partial charge >= 0.3 is 0 Å². The predicted octanol–water partition coefficient (Wildman–Crippen LogP) is 3.72. The van der Waals surface area contributed by atoms with Crippen molar-refractivity contribution in [3.8, 4) is 17.3 Å². The minimum Gasteiger partial charge on any atom is -0.339 e. The Morgan fingerprint density at radius 3 is 2.83 bits per heavy atom. The molecule has 0 bridgehead atoms. The van der Waals surface area contributed by atoms with Crippen LogP contribution in [0, 0.1) is 18.3 Å². The van der Waals surface area contributed by atoms with Gasteiger partial charge in [-0.15, -0.1) is 0 Å². The molecule has 18 heavy (non-hydrogen) atoms. The predicted molar refractivity (Wildman–Crippen MR) is 70.4 cm³/mol. The second-order valence-electron chi connectivity index (χ2n) is 4.58. The van der Waals surface area contributed by atoms with Crippen LogP contribution in [0.2, 0.25) is 5.02 Å². The van der Waals surface area contributed by atoms with Gasteiger partial charge in [0.1, 0.15) is 6.07 Å². The number of nitrogens with zero attached hydrogens (tertiary/aromatic N) is 3. The summed E-state index contributed by atoms with van der Waals surface area (Å²) in [5.41, 5.74) is 3.45. The Hall–Kier alpha value is -1.79. The maximum absolute atomic E-state index is 9.22. The summed E-state index contributed by atoms with van der Waals surface area (Å²) >= 11 is 6.37. The van der Waals surface area contributed by atoms with Gasteiger partial charge in [0.25, 0.3) is 0 Å². The quantitative estimate of drug-likeness (QED) is 0.823. The summed E-state index contributed by atoms with van der Waals surface area (Å²) in [6.07, 6.45) is 5.84. The summed E-state index contributed by atoms with van der Waals surface area (Å²) in [5.74, 6) is 0. The molecule has 0 N–H and O–H groups in total. The van der Waals surface area contributed by atoms with Crippen LogP contribution in [-0.4, -0.2) is 9.55 Å². The summed E-state index contributed by atoms with van der Waals surface area (Å²) in [5, 5.41) is 9.77. The molecule has 0 aliphatic heterocycles. The fourth-order valence-electron chi connectivity index (χ4n) is 2.36. The molecule has 2 aromatic heterocycles. The lowest BCUT2D eigenvalue weighted by atomic mass is 10.2. The Bertz CT molecular complexity index is 633. The first-order valence-electron chi connectivity index (χ1n) is 5.94. The number of pyridine rings is 1. The van der Waals surface area contributed by atoms with Crippen LogP contribution in [0.15, 0.2) is 24.5 Å². The average molecular weight is 258 g/mol. The standard InChI is InChI=1S/C14H12ClN3/c1-9-12(7-16)13(15)14(18(9)11-4-5-11)10-3-2-6-17-8-10/h2-3,6,8,11H,4-5H2,1H3. The summed E-state index contributed by atoms with van der Waals surface area (Å²) < 4.78 is 2.19. The summed E-state index contributed by atoms with van der Waals surface area (Å²) in [4.78, 5) is 4.13. The molecule has 0 aromatic carbocycles. The van der Waals surface area contributed by atoms with Crippen LogP contribution in [0.5, 0.6) is 0 Å². The van der Waals surface area contributed by atoms with E-state index in [4.69, 9.17) is 11.6 Å². The van der Waals surface area contributed by atoms with Gasteiger partial charge in [0.05, 0.1) is 16.3 Å². The van der Waals surface area contributed by atoms with Gasteiger partial charge in [-0.2, -0.15) is 5.26 Å². The highest BCUT2D eigenvalue weighted by atomic mass is 35.5. The third-order valence-electron chi connectivity index (χ3n) is 3.35. The minimum atomic E-state index is 0.486. The van der Waals surface area contributed by atoms with Crippen LogP contribution in [0.1, 0.15) is 30.1 Å². The van der Waals surface area contributed by atoms with Gasteiger partial charge in [-0.1, -0.05) is 11.6 Å². The zero-order chi connectivity index (χ0) is 12.7. The smallest absolute Gasteiger partial charge is 0.103 e. The largest absolute Gasteiger partial charge is 0.339 e. The molecule has 2 heterocycles. The van der Waals surface area contributed by atoms with E-state index in [9.17, 15) is 5.26 Å². The summed E-state index contributed by atoms with van der Waals surface area (Å²) in [7, 11) is 0. The molecular formula is C14H12ClN3. The number of rotatable bonds is 2. The molecule has 4 heteroatoms. The fourth-order valence-corrected chi connectivity index (χ4v) is 2.74. The van der Waals surface area contributed by atoms with Gasteiger partial charge in [-0.3, -0.25) is 4.98 Å². The van der Waals surface area contributed by atoms with Crippen molar-refractivity contribution >= 4 is 11.6 Å². The molecule has 1 aliphatic carbocycles. The van der Waals surface area contributed by atoms with Crippen molar-refractivity contribution in [2.45, 2.75) is 25.8 Å². The number of hydrogen-bond acceptors (Lipinski definition) is 2. The normalized spacial score (nSPS) is 14.5. The lowest BCUT2D eigenvalue weighted by Crippen LogP contribution is -1.99. The molecule has 1 aliphatic rings. The van der Waals surface area contributed by atoms with E-state index in [0.717, 1.165) is 29.8 Å². The lowest BCUT2D eigenvalue weighted by molar-refractivity contribution is 0.729. The first-order valence-corrected chi connectivity index (χ1v) is 6.32. The molecule has 1 fully saturated rings. The Morgan fingerprint density at radius 2 is 2.28 bits per heavy atom. The van der Waals surface area contributed by atoms with E-state index in [2.05, 4.69) is 15.6 Å². The molecule has 90 valence electrons. The van der Waals surface area contributed by atoms with E-state index < -0.39 is 0 Å². The van der Waals surface area contributed by atoms with Crippen LogP contribution < -0.4 is 0 Å². The molecule has 2 aromatic rings. The molecular weight excluding hydrogens is 246 g/mol. The maximum atomic E-state index is 9.22. The van der Waals surface area contributed by atoms with E-state index in [-0.39, 0.29) is 0 Å². The first kappa shape index (κ1) is 11.3. The molecule has 0 atom stereocenters. The van der Waals surface area contributed by atoms with Crippen LogP contribution >= 0.6 is 11.6 Å². The highest BCUT2D eigenvalue weighted by Crippen LogP contribution is 2.44. The van der Waals surface area contributed by atoms with Crippen molar-refractivity contribution in [2.75, 3.05) is 0 Å². The van der Waals surface area contributed by atoms with Gasteiger partial charge in [0.15, 0.2) is 0 Å². The Balaban J connectivity index is 2.28. The van der Waals surface area contributed by atoms with Crippen LogP contribution in [0.4, 0.5) is 0 Å². The zero-order valence-electron chi connectivity index (χ0n) is 10.0. The van der Waals surface area contributed by atoms with E-state index in [1.165, 1.54) is 0 Å². The molecule has 0 radical (unpaired) electrons. The fraction of sp³-hybridized carbons (Fsp3) is 0.286. The zero-order valence-corrected chi connectivity index (χ0v) is 10.8. The van der Waals surface area contributed by atoms with Crippen molar-refractivity contribution in [1.29, 1.82) is 5.26 Å². The number of halogens is 1. The molecule has 3 rings (SSSR count). The molecule has 1 saturated carbocycles. The van der Waals surface area contributed by atoms with Gasteiger partial charge < -0.3 is 4.57 Å². The highest BCUT2D eigenvalue weighted by Gasteiger charge is 2.31. The Morgan fingerprint density at radius 1 is 1.50 bits per heavy atom. The summed E-state index contributed by atoms with van der Waals surface area (Å²) in [6, 6.07) is 6.56. The Labute approximate surface area is 111 Å². The number of hydrogen-bond donors (Lipinski definition) is 0. The van der Waals surface area contributed by atoms with Crippen molar-refractivity contribution in [3.05, 3.63) is 40.8 Å². The van der Waals surface area contributed by atoms with Crippen molar-refractivity contribution < 1.29 is 0 Å². The molecule has 0 amide bonds. The first-order chi connectivity index (χ1) is 8.74. The van der Waals surface area contributed by atoms with E-state index in [0.29, 0.717) is 16.6 Å².